The number of ether oxygens (including phenoxy) is 1. The van der Waals surface area contributed by atoms with E-state index in [9.17, 15) is 13.6 Å². The number of methoxy groups -OCH3 is 1. The number of aryl methyl sites for hydroxylation is 1. The van der Waals surface area contributed by atoms with E-state index in [2.05, 4.69) is 10.6 Å². The molecule has 0 bridgehead atoms. The minimum Gasteiger partial charge on any atom is -0.383 e. The van der Waals surface area contributed by atoms with Gasteiger partial charge >= 0.3 is 0 Å². The Bertz CT molecular complexity index is 433. The lowest BCUT2D eigenvalue weighted by Crippen LogP contribution is -2.33. The van der Waals surface area contributed by atoms with Gasteiger partial charge in [0.25, 0.3) is 0 Å². The van der Waals surface area contributed by atoms with Gasteiger partial charge in [-0.05, 0) is 30.2 Å². The van der Waals surface area contributed by atoms with Crippen molar-refractivity contribution in [3.63, 3.8) is 0 Å². The van der Waals surface area contributed by atoms with Gasteiger partial charge < -0.3 is 15.4 Å². The number of amides is 1. The first-order valence-electron chi connectivity index (χ1n) is 6.53. The number of halogens is 3. The van der Waals surface area contributed by atoms with Gasteiger partial charge in [0, 0.05) is 33.2 Å². The lowest BCUT2D eigenvalue weighted by Gasteiger charge is -2.07. The molecule has 2 N–H and O–H groups in total. The van der Waals surface area contributed by atoms with Crippen molar-refractivity contribution in [2.45, 2.75) is 12.8 Å². The van der Waals surface area contributed by atoms with Crippen LogP contribution in [0.1, 0.15) is 12.0 Å². The average molecular weight is 323 g/mol. The van der Waals surface area contributed by atoms with Gasteiger partial charge in [-0.25, -0.2) is 8.78 Å². The van der Waals surface area contributed by atoms with Crippen LogP contribution in [0, 0.1) is 11.6 Å². The number of hydrogen-bond acceptors (Lipinski definition) is 3. The van der Waals surface area contributed by atoms with E-state index in [4.69, 9.17) is 4.74 Å². The number of hydrogen-bond donors (Lipinski definition) is 2. The van der Waals surface area contributed by atoms with E-state index in [1.807, 2.05) is 0 Å². The van der Waals surface area contributed by atoms with Crippen molar-refractivity contribution in [2.75, 3.05) is 33.4 Å². The Morgan fingerprint density at radius 3 is 2.71 bits per heavy atom. The van der Waals surface area contributed by atoms with Crippen LogP contribution in [0.4, 0.5) is 8.78 Å². The fourth-order valence-corrected chi connectivity index (χ4v) is 1.66. The molecule has 0 saturated carbocycles. The van der Waals surface area contributed by atoms with Gasteiger partial charge in [0.1, 0.15) is 11.6 Å². The average Bonchev–Trinajstić information content (AvgIpc) is 2.43. The highest BCUT2D eigenvalue weighted by Gasteiger charge is 2.07. The van der Waals surface area contributed by atoms with Crippen molar-refractivity contribution in [1.29, 1.82) is 0 Å². The first-order chi connectivity index (χ1) is 9.63. The molecule has 0 radical (unpaired) electrons. The zero-order chi connectivity index (χ0) is 14.8. The fraction of sp³-hybridized carbons (Fsp3) is 0.500. The van der Waals surface area contributed by atoms with Gasteiger partial charge in [0.15, 0.2) is 0 Å². The second-order valence-corrected chi connectivity index (χ2v) is 4.33. The molecule has 1 amide bonds. The first-order valence-corrected chi connectivity index (χ1v) is 6.53. The molecule has 0 aromatic heterocycles. The third kappa shape index (κ3) is 8.60. The summed E-state index contributed by atoms with van der Waals surface area (Å²) in [5.41, 5.74) is 0.221. The number of nitrogens with one attached hydrogen (secondary N) is 2. The maximum absolute atomic E-state index is 13.3. The first kappa shape index (κ1) is 19.8. The Labute approximate surface area is 129 Å². The van der Waals surface area contributed by atoms with Crippen LogP contribution in [0.3, 0.4) is 0 Å². The highest BCUT2D eigenvalue weighted by molar-refractivity contribution is 5.85. The molecule has 120 valence electrons. The summed E-state index contributed by atoms with van der Waals surface area (Å²) in [5, 5.41) is 5.79. The third-order valence-electron chi connectivity index (χ3n) is 2.74. The summed E-state index contributed by atoms with van der Waals surface area (Å²) in [4.78, 5) is 11.5. The Morgan fingerprint density at radius 2 is 2.00 bits per heavy atom. The van der Waals surface area contributed by atoms with Gasteiger partial charge in [-0.15, -0.1) is 12.4 Å². The SMILES string of the molecule is COCCNCCNC(=O)CCc1cc(F)ccc1F.Cl. The van der Waals surface area contributed by atoms with E-state index in [0.717, 1.165) is 24.7 Å². The van der Waals surface area contributed by atoms with Crippen LogP contribution in [-0.2, 0) is 16.0 Å². The van der Waals surface area contributed by atoms with Crippen molar-refractivity contribution in [3.8, 4) is 0 Å². The van der Waals surface area contributed by atoms with Crippen molar-refractivity contribution < 1.29 is 18.3 Å². The van der Waals surface area contributed by atoms with Crippen molar-refractivity contribution in [3.05, 3.63) is 35.4 Å². The molecule has 0 atom stereocenters. The molecule has 0 heterocycles. The Morgan fingerprint density at radius 1 is 1.24 bits per heavy atom. The van der Waals surface area contributed by atoms with Crippen LogP contribution in [0.5, 0.6) is 0 Å². The van der Waals surface area contributed by atoms with Crippen LogP contribution < -0.4 is 10.6 Å². The van der Waals surface area contributed by atoms with Crippen molar-refractivity contribution in [2.24, 2.45) is 0 Å². The summed E-state index contributed by atoms with van der Waals surface area (Å²) in [6.45, 7) is 2.48. The van der Waals surface area contributed by atoms with E-state index in [0.29, 0.717) is 19.7 Å². The van der Waals surface area contributed by atoms with E-state index in [-0.39, 0.29) is 36.7 Å². The van der Waals surface area contributed by atoms with Gasteiger partial charge in [-0.3, -0.25) is 4.79 Å². The highest BCUT2D eigenvalue weighted by atomic mass is 35.5. The van der Waals surface area contributed by atoms with Crippen molar-refractivity contribution in [1.82, 2.24) is 10.6 Å². The monoisotopic (exact) mass is 322 g/mol. The zero-order valence-corrected chi connectivity index (χ0v) is 12.8. The predicted molar refractivity (Wildman–Crippen MR) is 79.7 cm³/mol. The lowest BCUT2D eigenvalue weighted by atomic mass is 10.1. The van der Waals surface area contributed by atoms with E-state index < -0.39 is 11.6 Å². The van der Waals surface area contributed by atoms with E-state index in [1.165, 1.54) is 0 Å². The molecule has 7 heteroatoms. The van der Waals surface area contributed by atoms with Crippen LogP contribution in [0.2, 0.25) is 0 Å². The van der Waals surface area contributed by atoms with Gasteiger partial charge in [-0.2, -0.15) is 0 Å². The number of rotatable bonds is 9. The van der Waals surface area contributed by atoms with E-state index >= 15 is 0 Å². The van der Waals surface area contributed by atoms with Gasteiger partial charge in [-0.1, -0.05) is 0 Å². The van der Waals surface area contributed by atoms with Gasteiger partial charge in [0.2, 0.25) is 5.91 Å². The third-order valence-corrected chi connectivity index (χ3v) is 2.74. The molecule has 1 rings (SSSR count). The molecule has 1 aromatic carbocycles. The summed E-state index contributed by atoms with van der Waals surface area (Å²) in [5.74, 6) is -1.16. The quantitative estimate of drug-likeness (QED) is 0.680. The molecule has 0 saturated heterocycles. The molecule has 0 aliphatic carbocycles. The predicted octanol–water partition coefficient (Wildman–Crippen LogP) is 1.67. The molecule has 1 aromatic rings. The smallest absolute Gasteiger partial charge is 0.220 e. The summed E-state index contributed by atoms with van der Waals surface area (Å²) in [6.07, 6.45) is 0.324. The van der Waals surface area contributed by atoms with Crippen LogP contribution in [-0.4, -0.2) is 39.3 Å². The summed E-state index contributed by atoms with van der Waals surface area (Å²) < 4.78 is 31.1. The standard InChI is InChI=1S/C14H20F2N2O2.ClH/c1-20-9-8-17-6-7-18-14(19)5-2-11-10-12(15)3-4-13(11)16;/h3-4,10,17H,2,5-9H2,1H3,(H,18,19);1H. The van der Waals surface area contributed by atoms with Gasteiger partial charge in [0.05, 0.1) is 6.61 Å². The molecule has 0 aliphatic rings. The Kier molecular flexibility index (Phi) is 10.7. The molecule has 21 heavy (non-hydrogen) atoms. The van der Waals surface area contributed by atoms with Crippen LogP contribution >= 0.6 is 12.4 Å². The number of carbonyl (C=O) groups is 1. The zero-order valence-electron chi connectivity index (χ0n) is 12.0. The normalized spacial score (nSPS) is 10.0. The highest BCUT2D eigenvalue weighted by Crippen LogP contribution is 2.11. The van der Waals surface area contributed by atoms with Crippen molar-refractivity contribution >= 4 is 18.3 Å². The van der Waals surface area contributed by atoms with Crippen LogP contribution in [0.25, 0.3) is 0 Å². The molecule has 0 unspecified atom stereocenters. The maximum Gasteiger partial charge on any atom is 0.220 e. The summed E-state index contributed by atoms with van der Waals surface area (Å²) >= 11 is 0. The van der Waals surface area contributed by atoms with E-state index in [1.54, 1.807) is 7.11 Å². The Balaban J connectivity index is 0.00000400. The topological polar surface area (TPSA) is 50.4 Å². The molecular formula is C14H21ClF2N2O2. The minimum atomic E-state index is -0.496. The maximum atomic E-state index is 13.3. The molecule has 0 aliphatic heterocycles. The second-order valence-electron chi connectivity index (χ2n) is 4.33. The Hall–Kier alpha value is -1.24. The second kappa shape index (κ2) is 11.4. The lowest BCUT2D eigenvalue weighted by molar-refractivity contribution is -0.121. The summed E-state index contributed by atoms with van der Waals surface area (Å²) in [6, 6.07) is 3.25. The summed E-state index contributed by atoms with van der Waals surface area (Å²) in [7, 11) is 1.62. The molecule has 0 fully saturated rings. The van der Waals surface area contributed by atoms with Crippen LogP contribution in [0.15, 0.2) is 18.2 Å². The number of carbonyl (C=O) groups excluding carboxylic acids is 1. The molecule has 4 nitrogen and oxygen atoms in total. The molecule has 0 spiro atoms. The number of benzene rings is 1. The largest absolute Gasteiger partial charge is 0.383 e. The fourth-order valence-electron chi connectivity index (χ4n) is 1.66. The minimum absolute atomic E-state index is 0. The molecular weight excluding hydrogens is 302 g/mol.